The molecule has 1 amide bonds. The average Bonchev–Trinajstić information content (AvgIpc) is 3.06. The molecule has 1 aromatic rings. The Morgan fingerprint density at radius 3 is 2.68 bits per heavy atom. The molecule has 1 fully saturated rings. The van der Waals surface area contributed by atoms with Crippen molar-refractivity contribution in [1.82, 2.24) is 15.4 Å². The molecule has 1 saturated heterocycles. The van der Waals surface area contributed by atoms with Gasteiger partial charge in [-0.05, 0) is 49.9 Å². The zero-order valence-corrected chi connectivity index (χ0v) is 15.4. The van der Waals surface area contributed by atoms with E-state index in [1.807, 2.05) is 0 Å². The molecule has 1 aliphatic heterocycles. The van der Waals surface area contributed by atoms with Gasteiger partial charge in [0, 0.05) is 6.54 Å². The molecule has 2 atom stereocenters. The molecule has 6 nitrogen and oxygen atoms in total. The zero-order valence-electron chi connectivity index (χ0n) is 14.6. The average molecular weight is 371 g/mol. The van der Waals surface area contributed by atoms with Gasteiger partial charge >= 0.3 is 0 Å². The van der Waals surface area contributed by atoms with Gasteiger partial charge in [-0.3, -0.25) is 4.79 Å². The van der Waals surface area contributed by atoms with Gasteiger partial charge in [0.1, 0.15) is 16.8 Å². The van der Waals surface area contributed by atoms with Gasteiger partial charge in [0.2, 0.25) is 15.9 Å². The van der Waals surface area contributed by atoms with Gasteiger partial charge in [-0.1, -0.05) is 26.0 Å². The summed E-state index contributed by atoms with van der Waals surface area (Å²) >= 11 is 0. The van der Waals surface area contributed by atoms with E-state index in [0.717, 1.165) is 32.0 Å². The summed E-state index contributed by atoms with van der Waals surface area (Å²) in [6.45, 7) is 5.93. The lowest BCUT2D eigenvalue weighted by atomic mass is 10.0. The van der Waals surface area contributed by atoms with Crippen LogP contribution in [0.4, 0.5) is 4.39 Å². The predicted molar refractivity (Wildman–Crippen MR) is 94.0 cm³/mol. The van der Waals surface area contributed by atoms with Gasteiger partial charge in [-0.15, -0.1) is 0 Å². The summed E-state index contributed by atoms with van der Waals surface area (Å²) in [6.07, 6.45) is 1.94. The number of hydrogen-bond acceptors (Lipinski definition) is 4. The fraction of sp³-hybridized carbons (Fsp3) is 0.588. The maximum absolute atomic E-state index is 13.8. The summed E-state index contributed by atoms with van der Waals surface area (Å²) in [4.78, 5) is 12.0. The number of carbonyl (C=O) groups is 1. The van der Waals surface area contributed by atoms with Crippen LogP contribution in [0.3, 0.4) is 0 Å². The number of amides is 1. The highest BCUT2D eigenvalue weighted by molar-refractivity contribution is 7.89. The molecule has 0 spiro atoms. The summed E-state index contributed by atoms with van der Waals surface area (Å²) in [5, 5.41) is 6.06. The minimum Gasteiger partial charge on any atom is -0.355 e. The van der Waals surface area contributed by atoms with E-state index < -0.39 is 26.8 Å². The molecular formula is C17H26FN3O3S. The second-order valence-electron chi connectivity index (χ2n) is 6.71. The Labute approximate surface area is 148 Å². The Bertz CT molecular complexity index is 688. The van der Waals surface area contributed by atoms with Gasteiger partial charge in [-0.2, -0.15) is 4.72 Å². The molecule has 0 saturated carbocycles. The smallest absolute Gasteiger partial charge is 0.244 e. The lowest BCUT2D eigenvalue weighted by molar-refractivity contribution is -0.123. The maximum atomic E-state index is 13.8. The van der Waals surface area contributed by atoms with Crippen molar-refractivity contribution in [1.29, 1.82) is 0 Å². The largest absolute Gasteiger partial charge is 0.355 e. The van der Waals surface area contributed by atoms with Crippen LogP contribution in [-0.4, -0.2) is 40.0 Å². The van der Waals surface area contributed by atoms with Crippen molar-refractivity contribution >= 4 is 15.9 Å². The Morgan fingerprint density at radius 1 is 1.36 bits per heavy atom. The summed E-state index contributed by atoms with van der Waals surface area (Å²) in [6, 6.07) is 4.16. The van der Waals surface area contributed by atoms with Crippen molar-refractivity contribution in [3.05, 3.63) is 30.1 Å². The molecule has 1 aromatic carbocycles. The molecule has 0 radical (unpaired) electrons. The van der Waals surface area contributed by atoms with E-state index in [1.165, 1.54) is 18.2 Å². The molecule has 0 aliphatic carbocycles. The zero-order chi connectivity index (χ0) is 18.4. The molecule has 8 heteroatoms. The van der Waals surface area contributed by atoms with Crippen LogP contribution < -0.4 is 15.4 Å². The number of benzene rings is 1. The molecule has 1 aliphatic rings. The third-order valence-corrected chi connectivity index (χ3v) is 5.85. The minimum absolute atomic E-state index is 0.269. The lowest BCUT2D eigenvalue weighted by Crippen LogP contribution is -2.50. The number of sulfonamides is 1. The van der Waals surface area contributed by atoms with Crippen LogP contribution in [0, 0.1) is 17.7 Å². The van der Waals surface area contributed by atoms with Crippen LogP contribution in [0.5, 0.6) is 0 Å². The van der Waals surface area contributed by atoms with Gasteiger partial charge < -0.3 is 10.6 Å². The molecule has 3 N–H and O–H groups in total. The fourth-order valence-electron chi connectivity index (χ4n) is 2.86. The molecule has 25 heavy (non-hydrogen) atoms. The number of carbonyl (C=O) groups excluding carboxylic acids is 1. The first-order chi connectivity index (χ1) is 11.8. The van der Waals surface area contributed by atoms with E-state index in [1.54, 1.807) is 13.8 Å². The van der Waals surface area contributed by atoms with E-state index in [9.17, 15) is 17.6 Å². The van der Waals surface area contributed by atoms with E-state index in [0.29, 0.717) is 12.5 Å². The Balaban J connectivity index is 1.99. The molecule has 2 rings (SSSR count). The summed E-state index contributed by atoms with van der Waals surface area (Å²) < 4.78 is 41.0. The van der Waals surface area contributed by atoms with Crippen molar-refractivity contribution in [3.8, 4) is 0 Å². The first kappa shape index (κ1) is 19.8. The monoisotopic (exact) mass is 371 g/mol. The highest BCUT2D eigenvalue weighted by Gasteiger charge is 2.29. The van der Waals surface area contributed by atoms with Gasteiger partial charge in [-0.25, -0.2) is 12.8 Å². The second kappa shape index (κ2) is 8.73. The maximum Gasteiger partial charge on any atom is 0.244 e. The van der Waals surface area contributed by atoms with Crippen molar-refractivity contribution < 1.29 is 17.6 Å². The SMILES string of the molecule is CC(C)C(NS(=O)(=O)c1ccccc1F)C(=O)NCCC1CCNC1. The number of nitrogens with one attached hydrogen (secondary N) is 3. The van der Waals surface area contributed by atoms with Crippen LogP contribution >= 0.6 is 0 Å². The van der Waals surface area contributed by atoms with Crippen LogP contribution in [0.1, 0.15) is 26.7 Å². The van der Waals surface area contributed by atoms with Crippen molar-refractivity contribution in [2.45, 2.75) is 37.6 Å². The van der Waals surface area contributed by atoms with Crippen LogP contribution in [0.2, 0.25) is 0 Å². The van der Waals surface area contributed by atoms with Gasteiger partial charge in [0.05, 0.1) is 0 Å². The van der Waals surface area contributed by atoms with Crippen molar-refractivity contribution in [2.24, 2.45) is 11.8 Å². The highest BCUT2D eigenvalue weighted by atomic mass is 32.2. The standard InChI is InChI=1S/C17H26FN3O3S/c1-12(2)16(17(22)20-10-8-13-7-9-19-11-13)21-25(23,24)15-6-4-3-5-14(15)18/h3-6,12-13,16,19,21H,7-11H2,1-2H3,(H,20,22). The number of halogens is 1. The molecular weight excluding hydrogens is 345 g/mol. The van der Waals surface area contributed by atoms with Crippen LogP contribution in [0.15, 0.2) is 29.2 Å². The molecule has 0 bridgehead atoms. The third kappa shape index (κ3) is 5.49. The molecule has 140 valence electrons. The first-order valence-electron chi connectivity index (χ1n) is 8.56. The van der Waals surface area contributed by atoms with Crippen LogP contribution in [0.25, 0.3) is 0 Å². The van der Waals surface area contributed by atoms with Crippen molar-refractivity contribution in [3.63, 3.8) is 0 Å². The molecule has 0 aromatic heterocycles. The normalized spacial score (nSPS) is 19.1. The first-order valence-corrected chi connectivity index (χ1v) is 10.0. The second-order valence-corrected chi connectivity index (χ2v) is 8.39. The van der Waals surface area contributed by atoms with E-state index in [-0.39, 0.29) is 11.8 Å². The summed E-state index contributed by atoms with van der Waals surface area (Å²) in [7, 11) is -4.12. The van der Waals surface area contributed by atoms with Gasteiger partial charge in [0.25, 0.3) is 0 Å². The predicted octanol–water partition coefficient (Wildman–Crippen LogP) is 1.24. The van der Waals surface area contributed by atoms with E-state index in [2.05, 4.69) is 15.4 Å². The van der Waals surface area contributed by atoms with Gasteiger partial charge in [0.15, 0.2) is 0 Å². The quantitative estimate of drug-likeness (QED) is 0.642. The van der Waals surface area contributed by atoms with Crippen LogP contribution in [-0.2, 0) is 14.8 Å². The molecule has 1 heterocycles. The molecule has 2 unspecified atom stereocenters. The minimum atomic E-state index is -4.12. The number of rotatable bonds is 8. The summed E-state index contributed by atoms with van der Waals surface area (Å²) in [5.74, 6) is -0.963. The van der Waals surface area contributed by atoms with E-state index >= 15 is 0 Å². The fourth-order valence-corrected chi connectivity index (χ4v) is 4.28. The lowest BCUT2D eigenvalue weighted by Gasteiger charge is -2.22. The van der Waals surface area contributed by atoms with Crippen molar-refractivity contribution in [2.75, 3.05) is 19.6 Å². The third-order valence-electron chi connectivity index (χ3n) is 4.37. The Hall–Kier alpha value is -1.51. The topological polar surface area (TPSA) is 87.3 Å². The Kier molecular flexibility index (Phi) is 6.92. The highest BCUT2D eigenvalue weighted by Crippen LogP contribution is 2.16. The van der Waals surface area contributed by atoms with E-state index in [4.69, 9.17) is 0 Å². The Morgan fingerprint density at radius 2 is 2.08 bits per heavy atom. The number of hydrogen-bond donors (Lipinski definition) is 3. The summed E-state index contributed by atoms with van der Waals surface area (Å²) in [5.41, 5.74) is 0.